The van der Waals surface area contributed by atoms with Crippen molar-refractivity contribution in [1.82, 2.24) is 10.1 Å². The number of nitrogens with two attached hydrogens (primary N) is 1. The van der Waals surface area contributed by atoms with E-state index in [1.807, 2.05) is 54.6 Å². The lowest BCUT2D eigenvalue weighted by Crippen LogP contribution is -1.88. The van der Waals surface area contributed by atoms with Gasteiger partial charge in [0.05, 0.1) is 6.42 Å². The van der Waals surface area contributed by atoms with Gasteiger partial charge in [-0.05, 0) is 29.8 Å². The summed E-state index contributed by atoms with van der Waals surface area (Å²) in [4.78, 5) is 4.39. The van der Waals surface area contributed by atoms with Gasteiger partial charge in [0, 0.05) is 11.3 Å². The fourth-order valence-corrected chi connectivity index (χ4v) is 1.85. The highest BCUT2D eigenvalue weighted by Crippen LogP contribution is 2.18. The minimum Gasteiger partial charge on any atom is -0.399 e. The molecule has 1 aromatic heterocycles. The van der Waals surface area contributed by atoms with Gasteiger partial charge in [0.15, 0.2) is 0 Å². The van der Waals surface area contributed by atoms with Crippen molar-refractivity contribution in [2.24, 2.45) is 0 Å². The summed E-state index contributed by atoms with van der Waals surface area (Å²) in [5.74, 6) is 1.20. The van der Waals surface area contributed by atoms with Gasteiger partial charge in [-0.15, -0.1) is 0 Å². The van der Waals surface area contributed by atoms with Crippen LogP contribution >= 0.6 is 0 Å². The van der Waals surface area contributed by atoms with Gasteiger partial charge in [-0.2, -0.15) is 4.98 Å². The summed E-state index contributed by atoms with van der Waals surface area (Å²) in [6.07, 6.45) is 0.642. The zero-order valence-electron chi connectivity index (χ0n) is 10.3. The molecule has 0 radical (unpaired) electrons. The van der Waals surface area contributed by atoms with Gasteiger partial charge in [-0.25, -0.2) is 0 Å². The van der Waals surface area contributed by atoms with Crippen molar-refractivity contribution in [3.63, 3.8) is 0 Å². The second-order valence-corrected chi connectivity index (χ2v) is 4.30. The Balaban J connectivity index is 1.82. The molecule has 2 aromatic carbocycles. The van der Waals surface area contributed by atoms with Crippen LogP contribution in [-0.2, 0) is 6.42 Å². The van der Waals surface area contributed by atoms with Crippen LogP contribution in [0.3, 0.4) is 0 Å². The van der Waals surface area contributed by atoms with Crippen LogP contribution in [0.5, 0.6) is 0 Å². The summed E-state index contributed by atoms with van der Waals surface area (Å²) in [5.41, 5.74) is 8.42. The Kier molecular flexibility index (Phi) is 2.98. The van der Waals surface area contributed by atoms with Crippen molar-refractivity contribution in [3.05, 3.63) is 66.1 Å². The average molecular weight is 251 g/mol. The van der Waals surface area contributed by atoms with Gasteiger partial charge in [0.1, 0.15) is 0 Å². The summed E-state index contributed by atoms with van der Waals surface area (Å²) in [6.45, 7) is 0. The first kappa shape index (κ1) is 11.5. The summed E-state index contributed by atoms with van der Waals surface area (Å²) >= 11 is 0. The number of benzene rings is 2. The first-order chi connectivity index (χ1) is 9.31. The average Bonchev–Trinajstić information content (AvgIpc) is 2.89. The summed E-state index contributed by atoms with van der Waals surface area (Å²) < 4.78 is 5.26. The molecule has 4 heteroatoms. The number of aromatic nitrogens is 2. The van der Waals surface area contributed by atoms with E-state index in [9.17, 15) is 0 Å². The quantitative estimate of drug-likeness (QED) is 0.727. The van der Waals surface area contributed by atoms with Crippen molar-refractivity contribution in [3.8, 4) is 11.4 Å². The van der Waals surface area contributed by atoms with Crippen molar-refractivity contribution < 1.29 is 4.52 Å². The zero-order valence-corrected chi connectivity index (χ0v) is 10.3. The summed E-state index contributed by atoms with van der Waals surface area (Å²) in [5, 5.41) is 3.99. The van der Waals surface area contributed by atoms with E-state index in [1.54, 1.807) is 0 Å². The third-order valence-corrected chi connectivity index (χ3v) is 2.84. The van der Waals surface area contributed by atoms with Gasteiger partial charge in [-0.1, -0.05) is 35.5 Å². The molecule has 3 rings (SSSR count). The Labute approximate surface area is 110 Å². The molecule has 0 unspecified atom stereocenters. The van der Waals surface area contributed by atoms with E-state index in [4.69, 9.17) is 10.3 Å². The van der Waals surface area contributed by atoms with E-state index < -0.39 is 0 Å². The Morgan fingerprint density at radius 3 is 2.42 bits per heavy atom. The highest BCUT2D eigenvalue weighted by molar-refractivity contribution is 5.58. The third-order valence-electron chi connectivity index (χ3n) is 2.84. The Bertz CT molecular complexity index is 659. The van der Waals surface area contributed by atoms with Gasteiger partial charge in [0.2, 0.25) is 11.7 Å². The topological polar surface area (TPSA) is 64.9 Å². The van der Waals surface area contributed by atoms with Crippen molar-refractivity contribution in [2.75, 3.05) is 5.73 Å². The molecule has 0 spiro atoms. The van der Waals surface area contributed by atoms with Gasteiger partial charge in [-0.3, -0.25) is 0 Å². The monoisotopic (exact) mass is 251 g/mol. The molecule has 0 fully saturated rings. The van der Waals surface area contributed by atoms with E-state index in [0.29, 0.717) is 18.1 Å². The molecule has 0 aliphatic rings. The predicted molar refractivity (Wildman–Crippen MR) is 73.4 cm³/mol. The molecule has 0 aliphatic carbocycles. The zero-order chi connectivity index (χ0) is 13.1. The molecule has 1 heterocycles. The van der Waals surface area contributed by atoms with E-state index in [-0.39, 0.29) is 0 Å². The molecule has 19 heavy (non-hydrogen) atoms. The smallest absolute Gasteiger partial charge is 0.231 e. The van der Waals surface area contributed by atoms with Crippen LogP contribution in [-0.4, -0.2) is 10.1 Å². The molecule has 0 amide bonds. The maximum Gasteiger partial charge on any atom is 0.231 e. The highest BCUT2D eigenvalue weighted by Gasteiger charge is 2.08. The molecule has 4 nitrogen and oxygen atoms in total. The molecule has 94 valence electrons. The molecular formula is C15H13N3O. The van der Waals surface area contributed by atoms with Crippen LogP contribution in [0.4, 0.5) is 5.69 Å². The second-order valence-electron chi connectivity index (χ2n) is 4.30. The molecule has 0 atom stereocenters. The van der Waals surface area contributed by atoms with Crippen molar-refractivity contribution >= 4 is 5.69 Å². The summed E-state index contributed by atoms with van der Waals surface area (Å²) in [7, 11) is 0. The minimum atomic E-state index is 0.589. The lowest BCUT2D eigenvalue weighted by atomic mass is 10.1. The molecule has 0 saturated heterocycles. The number of anilines is 1. The second kappa shape index (κ2) is 4.94. The Morgan fingerprint density at radius 1 is 0.947 bits per heavy atom. The summed E-state index contributed by atoms with van der Waals surface area (Å²) in [6, 6.07) is 17.4. The van der Waals surface area contributed by atoms with Crippen LogP contribution in [0.1, 0.15) is 11.5 Å². The molecule has 0 aliphatic heterocycles. The predicted octanol–water partition coefficient (Wildman–Crippen LogP) is 2.91. The SMILES string of the molecule is Nc1ccc(-c2noc(Cc3ccccc3)n2)cc1. The van der Waals surface area contributed by atoms with Gasteiger partial charge in [0.25, 0.3) is 0 Å². The number of rotatable bonds is 3. The number of nitrogens with zero attached hydrogens (tertiary/aromatic N) is 2. The first-order valence-corrected chi connectivity index (χ1v) is 6.04. The van der Waals surface area contributed by atoms with Gasteiger partial charge >= 0.3 is 0 Å². The lowest BCUT2D eigenvalue weighted by Gasteiger charge is -1.95. The third kappa shape index (κ3) is 2.63. The number of hydrogen-bond acceptors (Lipinski definition) is 4. The standard InChI is InChI=1S/C15H13N3O/c16-13-8-6-12(7-9-13)15-17-14(19-18-15)10-11-4-2-1-3-5-11/h1-9H,10,16H2. The molecule has 3 aromatic rings. The maximum absolute atomic E-state index is 5.65. The molecule has 0 saturated carbocycles. The van der Waals surface area contributed by atoms with E-state index in [0.717, 1.165) is 16.8 Å². The van der Waals surface area contributed by atoms with E-state index >= 15 is 0 Å². The van der Waals surface area contributed by atoms with Crippen LogP contribution in [0.2, 0.25) is 0 Å². The number of nitrogen functional groups attached to an aromatic ring is 1. The molecular weight excluding hydrogens is 238 g/mol. The van der Waals surface area contributed by atoms with Crippen molar-refractivity contribution in [2.45, 2.75) is 6.42 Å². The fourth-order valence-electron chi connectivity index (χ4n) is 1.85. The first-order valence-electron chi connectivity index (χ1n) is 6.04. The fraction of sp³-hybridized carbons (Fsp3) is 0.0667. The van der Waals surface area contributed by atoms with Crippen LogP contribution in [0.25, 0.3) is 11.4 Å². The largest absolute Gasteiger partial charge is 0.399 e. The van der Waals surface area contributed by atoms with Crippen LogP contribution in [0.15, 0.2) is 59.1 Å². The van der Waals surface area contributed by atoms with E-state index in [2.05, 4.69) is 10.1 Å². The molecule has 2 N–H and O–H groups in total. The normalized spacial score (nSPS) is 10.5. The molecule has 0 bridgehead atoms. The van der Waals surface area contributed by atoms with Crippen LogP contribution < -0.4 is 5.73 Å². The maximum atomic E-state index is 5.65. The van der Waals surface area contributed by atoms with Crippen LogP contribution in [0, 0.1) is 0 Å². The van der Waals surface area contributed by atoms with Crippen molar-refractivity contribution in [1.29, 1.82) is 0 Å². The van der Waals surface area contributed by atoms with Gasteiger partial charge < -0.3 is 10.3 Å². The highest BCUT2D eigenvalue weighted by atomic mass is 16.5. The number of hydrogen-bond donors (Lipinski definition) is 1. The Morgan fingerprint density at radius 2 is 1.68 bits per heavy atom. The Hall–Kier alpha value is -2.62. The van der Waals surface area contributed by atoms with E-state index in [1.165, 1.54) is 0 Å². The minimum absolute atomic E-state index is 0.589. The lowest BCUT2D eigenvalue weighted by molar-refractivity contribution is 0.385.